The van der Waals surface area contributed by atoms with E-state index in [1.807, 2.05) is 19.1 Å². The average Bonchev–Trinajstić information content (AvgIpc) is 2.90. The summed E-state index contributed by atoms with van der Waals surface area (Å²) in [6.45, 7) is 2.47. The molecule has 106 valence electrons. The monoisotopic (exact) mass is 338 g/mol. The molecule has 1 heterocycles. The van der Waals surface area contributed by atoms with E-state index in [1.165, 1.54) is 6.07 Å². The Morgan fingerprint density at radius 2 is 2.25 bits per heavy atom. The third-order valence-electron chi connectivity index (χ3n) is 2.97. The number of nitrogens with zero attached hydrogens (tertiary/aromatic N) is 1. The van der Waals surface area contributed by atoms with Crippen molar-refractivity contribution in [1.82, 2.24) is 5.32 Å². The van der Waals surface area contributed by atoms with E-state index in [2.05, 4.69) is 21.2 Å². The summed E-state index contributed by atoms with van der Waals surface area (Å²) in [4.78, 5) is 10.7. The van der Waals surface area contributed by atoms with Crippen molar-refractivity contribution in [2.75, 3.05) is 0 Å². The molecule has 6 heteroatoms. The molecule has 5 nitrogen and oxygen atoms in total. The lowest BCUT2D eigenvalue weighted by molar-refractivity contribution is -0.385. The number of benzene rings is 1. The molecule has 0 aliphatic heterocycles. The van der Waals surface area contributed by atoms with Gasteiger partial charge >= 0.3 is 0 Å². The molecular formula is C14H15BrN2O3. The summed E-state index contributed by atoms with van der Waals surface area (Å²) in [6, 6.07) is 9.02. The largest absolute Gasteiger partial charge is 0.469 e. The van der Waals surface area contributed by atoms with Gasteiger partial charge < -0.3 is 9.73 Å². The third-order valence-corrected chi connectivity index (χ3v) is 3.47. The lowest BCUT2D eigenvalue weighted by atomic mass is 10.1. The fourth-order valence-corrected chi connectivity index (χ4v) is 2.29. The number of nitro benzene ring substituents is 1. The molecule has 20 heavy (non-hydrogen) atoms. The number of nitro groups is 1. The molecule has 0 saturated heterocycles. The number of hydrogen-bond donors (Lipinski definition) is 1. The van der Waals surface area contributed by atoms with Crippen molar-refractivity contribution in [2.24, 2.45) is 0 Å². The van der Waals surface area contributed by atoms with Crippen molar-refractivity contribution in [3.05, 3.63) is 62.5 Å². The molecule has 1 atom stereocenters. The molecule has 2 rings (SSSR count). The summed E-state index contributed by atoms with van der Waals surface area (Å²) in [5.41, 5.74) is 0.793. The van der Waals surface area contributed by atoms with E-state index in [0.717, 1.165) is 12.2 Å². The van der Waals surface area contributed by atoms with Gasteiger partial charge in [-0.25, -0.2) is 0 Å². The van der Waals surface area contributed by atoms with Crippen molar-refractivity contribution in [2.45, 2.75) is 25.9 Å². The van der Waals surface area contributed by atoms with Crippen LogP contribution in [0.25, 0.3) is 0 Å². The molecule has 2 aromatic rings. The first-order chi connectivity index (χ1) is 9.56. The molecule has 1 N–H and O–H groups in total. The van der Waals surface area contributed by atoms with E-state index < -0.39 is 0 Å². The number of furan rings is 1. The first kappa shape index (κ1) is 14.7. The van der Waals surface area contributed by atoms with Gasteiger partial charge in [-0.15, -0.1) is 0 Å². The van der Waals surface area contributed by atoms with Crippen LogP contribution in [0, 0.1) is 10.1 Å². The molecule has 0 aliphatic carbocycles. The SMILES string of the molecule is CC(Cc1ccco1)NCc1ccc(Br)cc1[N+](=O)[O-]. The van der Waals surface area contributed by atoms with Crippen molar-refractivity contribution in [3.8, 4) is 0 Å². The highest BCUT2D eigenvalue weighted by Crippen LogP contribution is 2.23. The zero-order valence-electron chi connectivity index (χ0n) is 11.0. The molecular weight excluding hydrogens is 324 g/mol. The van der Waals surface area contributed by atoms with E-state index in [0.29, 0.717) is 16.6 Å². The van der Waals surface area contributed by atoms with E-state index in [-0.39, 0.29) is 16.7 Å². The standard InChI is InChI=1S/C14H15BrN2O3/c1-10(7-13-3-2-6-20-13)16-9-11-4-5-12(15)8-14(11)17(18)19/h2-6,8,10,16H,7,9H2,1H3. The van der Waals surface area contributed by atoms with Crippen LogP contribution in [0.1, 0.15) is 18.2 Å². The maximum absolute atomic E-state index is 11.0. The Hall–Kier alpha value is -1.66. The molecule has 1 aromatic carbocycles. The number of nitrogens with one attached hydrogen (secondary N) is 1. The summed E-state index contributed by atoms with van der Waals surface area (Å²) >= 11 is 3.25. The van der Waals surface area contributed by atoms with Crippen LogP contribution in [0.4, 0.5) is 5.69 Å². The van der Waals surface area contributed by atoms with Gasteiger partial charge in [-0.2, -0.15) is 0 Å². The summed E-state index contributed by atoms with van der Waals surface area (Å²) in [5.74, 6) is 0.898. The summed E-state index contributed by atoms with van der Waals surface area (Å²) in [7, 11) is 0. The van der Waals surface area contributed by atoms with Gasteiger partial charge in [0.15, 0.2) is 0 Å². The van der Waals surface area contributed by atoms with E-state index >= 15 is 0 Å². The predicted molar refractivity (Wildman–Crippen MR) is 79.5 cm³/mol. The van der Waals surface area contributed by atoms with Gasteiger partial charge in [-0.3, -0.25) is 10.1 Å². The van der Waals surface area contributed by atoms with Gasteiger partial charge in [0.25, 0.3) is 5.69 Å². The number of halogens is 1. The number of hydrogen-bond acceptors (Lipinski definition) is 4. The Bertz CT molecular complexity index is 584. The van der Waals surface area contributed by atoms with E-state index in [9.17, 15) is 10.1 Å². The summed E-state index contributed by atoms with van der Waals surface area (Å²) in [5, 5.41) is 14.3. The highest BCUT2D eigenvalue weighted by molar-refractivity contribution is 9.10. The molecule has 0 fully saturated rings. The zero-order chi connectivity index (χ0) is 14.5. The summed E-state index contributed by atoms with van der Waals surface area (Å²) in [6.07, 6.45) is 2.39. The Morgan fingerprint density at radius 3 is 2.90 bits per heavy atom. The minimum Gasteiger partial charge on any atom is -0.469 e. The summed E-state index contributed by atoms with van der Waals surface area (Å²) < 4.78 is 5.98. The molecule has 1 aromatic heterocycles. The third kappa shape index (κ3) is 3.91. The number of rotatable bonds is 6. The molecule has 0 spiro atoms. The normalized spacial score (nSPS) is 12.3. The first-order valence-corrected chi connectivity index (χ1v) is 7.04. The van der Waals surface area contributed by atoms with Crippen molar-refractivity contribution < 1.29 is 9.34 Å². The van der Waals surface area contributed by atoms with Crippen LogP contribution < -0.4 is 5.32 Å². The van der Waals surface area contributed by atoms with Crippen LogP contribution in [-0.4, -0.2) is 11.0 Å². The lowest BCUT2D eigenvalue weighted by Gasteiger charge is -2.12. The maximum atomic E-state index is 11.0. The molecule has 0 bridgehead atoms. The van der Waals surface area contributed by atoms with Crippen LogP contribution in [0.5, 0.6) is 0 Å². The predicted octanol–water partition coefficient (Wildman–Crippen LogP) is 3.67. The Balaban J connectivity index is 1.98. The van der Waals surface area contributed by atoms with Gasteiger partial charge in [-0.05, 0) is 31.2 Å². The molecule has 0 radical (unpaired) electrons. The van der Waals surface area contributed by atoms with Crippen molar-refractivity contribution >= 4 is 21.6 Å². The second-order valence-electron chi connectivity index (χ2n) is 4.60. The van der Waals surface area contributed by atoms with Gasteiger partial charge in [0, 0.05) is 35.1 Å². The van der Waals surface area contributed by atoms with Gasteiger partial charge in [0.05, 0.1) is 11.2 Å². The lowest BCUT2D eigenvalue weighted by Crippen LogP contribution is -2.27. The molecule has 0 aliphatic rings. The van der Waals surface area contributed by atoms with Gasteiger partial charge in [0.2, 0.25) is 0 Å². The highest BCUT2D eigenvalue weighted by atomic mass is 79.9. The fraction of sp³-hybridized carbons (Fsp3) is 0.286. The Labute approximate surface area is 125 Å². The van der Waals surface area contributed by atoms with Crippen LogP contribution >= 0.6 is 15.9 Å². The topological polar surface area (TPSA) is 68.3 Å². The molecule has 1 unspecified atom stereocenters. The minimum atomic E-state index is -0.362. The second kappa shape index (κ2) is 6.67. The maximum Gasteiger partial charge on any atom is 0.275 e. The average molecular weight is 339 g/mol. The highest BCUT2D eigenvalue weighted by Gasteiger charge is 2.15. The second-order valence-corrected chi connectivity index (χ2v) is 5.51. The molecule has 0 saturated carbocycles. The van der Waals surface area contributed by atoms with Crippen LogP contribution in [0.2, 0.25) is 0 Å². The van der Waals surface area contributed by atoms with Crippen LogP contribution in [-0.2, 0) is 13.0 Å². The fourth-order valence-electron chi connectivity index (χ4n) is 1.94. The Kier molecular flexibility index (Phi) is 4.92. The Morgan fingerprint density at radius 1 is 1.45 bits per heavy atom. The van der Waals surface area contributed by atoms with Crippen molar-refractivity contribution in [1.29, 1.82) is 0 Å². The van der Waals surface area contributed by atoms with E-state index in [1.54, 1.807) is 18.4 Å². The first-order valence-electron chi connectivity index (χ1n) is 6.25. The minimum absolute atomic E-state index is 0.122. The van der Waals surface area contributed by atoms with Gasteiger partial charge in [0.1, 0.15) is 5.76 Å². The zero-order valence-corrected chi connectivity index (χ0v) is 12.6. The quantitative estimate of drug-likeness (QED) is 0.644. The van der Waals surface area contributed by atoms with E-state index in [4.69, 9.17) is 4.42 Å². The van der Waals surface area contributed by atoms with Gasteiger partial charge in [-0.1, -0.05) is 15.9 Å². The van der Waals surface area contributed by atoms with Crippen LogP contribution in [0.15, 0.2) is 45.5 Å². The molecule has 0 amide bonds. The van der Waals surface area contributed by atoms with Crippen LogP contribution in [0.3, 0.4) is 0 Å². The van der Waals surface area contributed by atoms with Crippen molar-refractivity contribution in [3.63, 3.8) is 0 Å². The smallest absolute Gasteiger partial charge is 0.275 e.